The monoisotopic (exact) mass is 266 g/mol. The summed E-state index contributed by atoms with van der Waals surface area (Å²) in [5.41, 5.74) is 11.9. The van der Waals surface area contributed by atoms with Crippen molar-refractivity contribution < 1.29 is 14.3 Å². The van der Waals surface area contributed by atoms with E-state index in [9.17, 15) is 9.59 Å². The number of primary amides is 1. The summed E-state index contributed by atoms with van der Waals surface area (Å²) in [5, 5.41) is 5.50. The highest BCUT2D eigenvalue weighted by atomic mass is 16.5. The maximum atomic E-state index is 11.5. The van der Waals surface area contributed by atoms with E-state index in [4.69, 9.17) is 16.2 Å². The maximum Gasteiger partial charge on any atom is 0.250 e. The van der Waals surface area contributed by atoms with Crippen molar-refractivity contribution in [1.82, 2.24) is 5.32 Å². The fraction of sp³-hybridized carbons (Fsp3) is 0.333. The third-order valence-electron chi connectivity index (χ3n) is 2.44. The van der Waals surface area contributed by atoms with Crippen LogP contribution < -0.4 is 22.1 Å². The first kappa shape index (κ1) is 14.8. The van der Waals surface area contributed by atoms with Gasteiger partial charge >= 0.3 is 0 Å². The molecule has 0 aromatic heterocycles. The van der Waals surface area contributed by atoms with E-state index in [-0.39, 0.29) is 23.7 Å². The zero-order valence-corrected chi connectivity index (χ0v) is 10.7. The van der Waals surface area contributed by atoms with Crippen LogP contribution in [0.1, 0.15) is 10.4 Å². The standard InChI is InChI=1S/C12H18N4O3/c1-19-6-5-15-10(17)7-16-9-4-2-3-8(11(9)13)12(14)18/h2-4,16H,5-7,13H2,1H3,(H2,14,18)(H,15,17). The van der Waals surface area contributed by atoms with Crippen LogP contribution in [-0.2, 0) is 9.53 Å². The zero-order valence-electron chi connectivity index (χ0n) is 10.7. The van der Waals surface area contributed by atoms with E-state index in [1.807, 2.05) is 0 Å². The molecular weight excluding hydrogens is 248 g/mol. The van der Waals surface area contributed by atoms with E-state index < -0.39 is 5.91 Å². The molecule has 7 nitrogen and oxygen atoms in total. The second-order valence-electron chi connectivity index (χ2n) is 3.83. The van der Waals surface area contributed by atoms with E-state index in [1.54, 1.807) is 19.2 Å². The molecule has 1 rings (SSSR count). The summed E-state index contributed by atoms with van der Waals surface area (Å²) in [6.07, 6.45) is 0. The Morgan fingerprint density at radius 3 is 2.74 bits per heavy atom. The van der Waals surface area contributed by atoms with Crippen LogP contribution in [0.25, 0.3) is 0 Å². The number of para-hydroxylation sites is 1. The summed E-state index contributed by atoms with van der Waals surface area (Å²) in [5.74, 6) is -0.799. The van der Waals surface area contributed by atoms with Crippen LogP contribution in [0, 0.1) is 0 Å². The number of ether oxygens (including phenoxy) is 1. The molecule has 0 heterocycles. The van der Waals surface area contributed by atoms with Crippen LogP contribution >= 0.6 is 0 Å². The Morgan fingerprint density at radius 2 is 2.11 bits per heavy atom. The Balaban J connectivity index is 2.56. The second kappa shape index (κ2) is 7.22. The summed E-state index contributed by atoms with van der Waals surface area (Å²) in [6.45, 7) is 0.939. The number of nitrogens with one attached hydrogen (secondary N) is 2. The Kier molecular flexibility index (Phi) is 5.62. The van der Waals surface area contributed by atoms with Crippen LogP contribution in [0.4, 0.5) is 11.4 Å². The molecule has 0 unspecified atom stereocenters. The Bertz CT molecular complexity index is 462. The van der Waals surface area contributed by atoms with Gasteiger partial charge in [0.2, 0.25) is 5.91 Å². The first-order valence-electron chi connectivity index (χ1n) is 5.74. The Morgan fingerprint density at radius 1 is 1.37 bits per heavy atom. The van der Waals surface area contributed by atoms with E-state index in [0.717, 1.165) is 0 Å². The van der Waals surface area contributed by atoms with Crippen LogP contribution in [0.3, 0.4) is 0 Å². The highest BCUT2D eigenvalue weighted by Gasteiger charge is 2.09. The van der Waals surface area contributed by atoms with Gasteiger partial charge < -0.3 is 26.8 Å². The molecule has 1 aromatic rings. The molecular formula is C12H18N4O3. The topological polar surface area (TPSA) is 119 Å². The van der Waals surface area contributed by atoms with Crippen molar-refractivity contribution >= 4 is 23.2 Å². The van der Waals surface area contributed by atoms with Crippen LogP contribution in [-0.4, -0.2) is 38.6 Å². The molecule has 0 atom stereocenters. The number of anilines is 2. The van der Waals surface area contributed by atoms with Crippen molar-refractivity contribution in [3.63, 3.8) is 0 Å². The van der Waals surface area contributed by atoms with Gasteiger partial charge in [0.25, 0.3) is 5.91 Å². The van der Waals surface area contributed by atoms with E-state index in [0.29, 0.717) is 18.8 Å². The molecule has 0 spiro atoms. The number of hydrogen-bond donors (Lipinski definition) is 4. The normalized spacial score (nSPS) is 9.95. The molecule has 2 amide bonds. The largest absolute Gasteiger partial charge is 0.396 e. The lowest BCUT2D eigenvalue weighted by molar-refractivity contribution is -0.119. The third kappa shape index (κ3) is 4.47. The Labute approximate surface area is 111 Å². The molecule has 104 valence electrons. The molecule has 0 radical (unpaired) electrons. The molecule has 0 fully saturated rings. The molecule has 0 aliphatic carbocycles. The number of carbonyl (C=O) groups is 2. The first-order chi connectivity index (χ1) is 9.06. The second-order valence-corrected chi connectivity index (χ2v) is 3.83. The van der Waals surface area contributed by atoms with Gasteiger partial charge in [0.1, 0.15) is 0 Å². The molecule has 0 saturated carbocycles. The molecule has 7 heteroatoms. The average Bonchev–Trinajstić information content (AvgIpc) is 2.37. The first-order valence-corrected chi connectivity index (χ1v) is 5.74. The third-order valence-corrected chi connectivity index (χ3v) is 2.44. The minimum Gasteiger partial charge on any atom is -0.396 e. The highest BCUT2D eigenvalue weighted by Crippen LogP contribution is 2.21. The number of rotatable bonds is 7. The van der Waals surface area contributed by atoms with Gasteiger partial charge in [-0.05, 0) is 12.1 Å². The lowest BCUT2D eigenvalue weighted by Gasteiger charge is -2.11. The number of amides is 2. The summed E-state index contributed by atoms with van der Waals surface area (Å²) < 4.78 is 4.81. The molecule has 1 aromatic carbocycles. The molecule has 0 saturated heterocycles. The average molecular weight is 266 g/mol. The number of carbonyl (C=O) groups excluding carboxylic acids is 2. The van der Waals surface area contributed by atoms with Crippen LogP contribution in [0.15, 0.2) is 18.2 Å². The van der Waals surface area contributed by atoms with Gasteiger partial charge in [-0.15, -0.1) is 0 Å². The number of nitrogen functional groups attached to an aromatic ring is 1. The van der Waals surface area contributed by atoms with Crippen molar-refractivity contribution in [2.45, 2.75) is 0 Å². The zero-order chi connectivity index (χ0) is 14.3. The SMILES string of the molecule is COCCNC(=O)CNc1cccc(C(N)=O)c1N. The van der Waals surface area contributed by atoms with Gasteiger partial charge in [-0.2, -0.15) is 0 Å². The smallest absolute Gasteiger partial charge is 0.250 e. The summed E-state index contributed by atoms with van der Waals surface area (Å²) >= 11 is 0. The minimum atomic E-state index is -0.606. The van der Waals surface area contributed by atoms with Crippen LogP contribution in [0.2, 0.25) is 0 Å². The number of benzene rings is 1. The summed E-state index contributed by atoms with van der Waals surface area (Å²) in [7, 11) is 1.56. The summed E-state index contributed by atoms with van der Waals surface area (Å²) in [6, 6.07) is 4.84. The van der Waals surface area contributed by atoms with E-state index in [1.165, 1.54) is 6.07 Å². The van der Waals surface area contributed by atoms with Crippen molar-refractivity contribution in [2.75, 3.05) is 37.9 Å². The lowest BCUT2D eigenvalue weighted by Crippen LogP contribution is -2.32. The van der Waals surface area contributed by atoms with Gasteiger partial charge in [-0.25, -0.2) is 0 Å². The van der Waals surface area contributed by atoms with Crippen molar-refractivity contribution in [3.8, 4) is 0 Å². The number of methoxy groups -OCH3 is 1. The van der Waals surface area contributed by atoms with Crippen molar-refractivity contribution in [1.29, 1.82) is 0 Å². The predicted octanol–water partition coefficient (Wildman–Crippen LogP) is -0.458. The van der Waals surface area contributed by atoms with E-state index in [2.05, 4.69) is 10.6 Å². The van der Waals surface area contributed by atoms with Crippen molar-refractivity contribution in [3.05, 3.63) is 23.8 Å². The fourth-order valence-corrected chi connectivity index (χ4v) is 1.46. The molecule has 0 aliphatic rings. The van der Waals surface area contributed by atoms with Gasteiger partial charge in [0, 0.05) is 13.7 Å². The van der Waals surface area contributed by atoms with Gasteiger partial charge in [-0.3, -0.25) is 9.59 Å². The maximum absolute atomic E-state index is 11.5. The highest BCUT2D eigenvalue weighted by molar-refractivity contribution is 6.01. The Hall–Kier alpha value is -2.28. The number of hydrogen-bond acceptors (Lipinski definition) is 5. The van der Waals surface area contributed by atoms with Crippen molar-refractivity contribution in [2.24, 2.45) is 5.73 Å². The predicted molar refractivity (Wildman–Crippen MR) is 72.7 cm³/mol. The van der Waals surface area contributed by atoms with Gasteiger partial charge in [0.05, 0.1) is 30.1 Å². The van der Waals surface area contributed by atoms with E-state index >= 15 is 0 Å². The fourth-order valence-electron chi connectivity index (χ4n) is 1.46. The van der Waals surface area contributed by atoms with Gasteiger partial charge in [-0.1, -0.05) is 6.07 Å². The molecule has 6 N–H and O–H groups in total. The van der Waals surface area contributed by atoms with Crippen LogP contribution in [0.5, 0.6) is 0 Å². The quantitative estimate of drug-likeness (QED) is 0.393. The minimum absolute atomic E-state index is 0.0517. The molecule has 0 aliphatic heterocycles. The number of nitrogens with two attached hydrogens (primary N) is 2. The van der Waals surface area contributed by atoms with Gasteiger partial charge in [0.15, 0.2) is 0 Å². The lowest BCUT2D eigenvalue weighted by atomic mass is 10.1. The molecule has 0 bridgehead atoms. The molecule has 19 heavy (non-hydrogen) atoms. The summed E-state index contributed by atoms with van der Waals surface area (Å²) in [4.78, 5) is 22.6.